The molecule has 3 aromatic rings. The van der Waals surface area contributed by atoms with Crippen molar-refractivity contribution in [3.63, 3.8) is 0 Å². The SMILES string of the molecule is CC1CC1.Cc1ccc(Cn2c(CBr)c(C)c3cc(NC(=O)C4CCCC4)ccc32)cc1. The highest BCUT2D eigenvalue weighted by Crippen LogP contribution is 2.32. The number of fused-ring (bicyclic) bond motifs is 1. The molecule has 0 saturated heterocycles. The zero-order valence-corrected chi connectivity index (χ0v) is 21.2. The molecule has 2 aromatic carbocycles. The molecule has 0 atom stereocenters. The standard InChI is InChI=1S/C24H27BrN2O.C4H8/c1-16-7-9-18(10-8-16)15-27-22-12-11-20(13-21(22)17(2)23(27)14-25)26-24(28)19-5-3-4-6-19;1-4-2-3-4/h7-13,19H,3-6,14-15H2,1-2H3,(H,26,28);4H,2-3H2,1H3. The molecule has 0 radical (unpaired) electrons. The fourth-order valence-corrected chi connectivity index (χ4v) is 5.20. The molecule has 0 aliphatic heterocycles. The molecule has 0 spiro atoms. The molecule has 1 heterocycles. The van der Waals surface area contributed by atoms with E-state index in [2.05, 4.69) is 83.0 Å². The summed E-state index contributed by atoms with van der Waals surface area (Å²) < 4.78 is 2.38. The van der Waals surface area contributed by atoms with Crippen LogP contribution in [0.4, 0.5) is 5.69 Å². The number of carbonyl (C=O) groups excluding carboxylic acids is 1. The molecule has 32 heavy (non-hydrogen) atoms. The summed E-state index contributed by atoms with van der Waals surface area (Å²) in [5.41, 5.74) is 7.25. The highest BCUT2D eigenvalue weighted by molar-refractivity contribution is 9.08. The molecule has 2 aliphatic carbocycles. The van der Waals surface area contributed by atoms with Crippen molar-refractivity contribution in [2.45, 2.75) is 71.2 Å². The van der Waals surface area contributed by atoms with E-state index < -0.39 is 0 Å². The van der Waals surface area contributed by atoms with Crippen molar-refractivity contribution in [3.8, 4) is 0 Å². The maximum Gasteiger partial charge on any atom is 0.227 e. The van der Waals surface area contributed by atoms with Crippen LogP contribution in [0.15, 0.2) is 42.5 Å². The number of nitrogens with one attached hydrogen (secondary N) is 1. The van der Waals surface area contributed by atoms with E-state index in [1.165, 1.54) is 59.0 Å². The van der Waals surface area contributed by atoms with Crippen LogP contribution in [-0.4, -0.2) is 10.5 Å². The molecule has 5 rings (SSSR count). The molecule has 4 heteroatoms. The van der Waals surface area contributed by atoms with Gasteiger partial charge in [-0.25, -0.2) is 0 Å². The number of aryl methyl sites for hydroxylation is 2. The molecule has 0 unspecified atom stereocenters. The molecule has 1 aromatic heterocycles. The first kappa shape index (κ1) is 23.1. The third-order valence-corrected chi connectivity index (χ3v) is 7.43. The second-order valence-electron chi connectivity index (χ2n) is 9.66. The summed E-state index contributed by atoms with van der Waals surface area (Å²) in [4.78, 5) is 12.5. The van der Waals surface area contributed by atoms with Crippen LogP contribution in [0, 0.1) is 25.7 Å². The topological polar surface area (TPSA) is 34.0 Å². The Morgan fingerprint density at radius 2 is 1.69 bits per heavy atom. The van der Waals surface area contributed by atoms with Gasteiger partial charge < -0.3 is 9.88 Å². The number of rotatable bonds is 5. The second kappa shape index (κ2) is 10.2. The zero-order chi connectivity index (χ0) is 22.7. The van der Waals surface area contributed by atoms with Crippen molar-refractivity contribution in [1.82, 2.24) is 4.57 Å². The Kier molecular flexibility index (Phi) is 7.40. The van der Waals surface area contributed by atoms with Crippen LogP contribution in [0.3, 0.4) is 0 Å². The number of alkyl halides is 1. The van der Waals surface area contributed by atoms with Crippen LogP contribution in [0.1, 0.15) is 67.8 Å². The zero-order valence-electron chi connectivity index (χ0n) is 19.6. The number of anilines is 1. The lowest BCUT2D eigenvalue weighted by Gasteiger charge is -2.12. The average molecular weight is 496 g/mol. The lowest BCUT2D eigenvalue weighted by atomic mass is 10.1. The van der Waals surface area contributed by atoms with Gasteiger partial charge in [0, 0.05) is 40.1 Å². The first-order valence-corrected chi connectivity index (χ1v) is 13.1. The molecule has 2 aliphatic rings. The number of hydrogen-bond donors (Lipinski definition) is 1. The Morgan fingerprint density at radius 3 is 2.28 bits per heavy atom. The predicted molar refractivity (Wildman–Crippen MR) is 139 cm³/mol. The van der Waals surface area contributed by atoms with E-state index in [1.54, 1.807) is 0 Å². The van der Waals surface area contributed by atoms with Gasteiger partial charge in [-0.05, 0) is 61.9 Å². The summed E-state index contributed by atoms with van der Waals surface area (Å²) in [7, 11) is 0. The van der Waals surface area contributed by atoms with E-state index in [0.29, 0.717) is 0 Å². The summed E-state index contributed by atoms with van der Waals surface area (Å²) >= 11 is 3.68. The van der Waals surface area contributed by atoms with Gasteiger partial charge in [-0.2, -0.15) is 0 Å². The van der Waals surface area contributed by atoms with E-state index in [9.17, 15) is 4.79 Å². The minimum Gasteiger partial charge on any atom is -0.339 e. The number of amides is 1. The number of carbonyl (C=O) groups is 1. The van der Waals surface area contributed by atoms with Gasteiger partial charge in [0.2, 0.25) is 5.91 Å². The molecular weight excluding hydrogens is 460 g/mol. The van der Waals surface area contributed by atoms with Crippen molar-refractivity contribution in [3.05, 3.63) is 64.8 Å². The van der Waals surface area contributed by atoms with E-state index in [1.807, 2.05) is 6.07 Å². The molecular formula is C28H35BrN2O. The molecule has 1 amide bonds. The first-order valence-electron chi connectivity index (χ1n) is 12.0. The number of aromatic nitrogens is 1. The minimum absolute atomic E-state index is 0.175. The largest absolute Gasteiger partial charge is 0.339 e. The Bertz CT molecular complexity index is 1070. The maximum atomic E-state index is 12.5. The van der Waals surface area contributed by atoms with Crippen LogP contribution < -0.4 is 5.32 Å². The fourth-order valence-electron chi connectivity index (χ4n) is 4.48. The molecule has 170 valence electrons. The van der Waals surface area contributed by atoms with Gasteiger partial charge >= 0.3 is 0 Å². The van der Waals surface area contributed by atoms with Gasteiger partial charge in [0.25, 0.3) is 0 Å². The second-order valence-corrected chi connectivity index (χ2v) is 10.2. The molecule has 2 fully saturated rings. The van der Waals surface area contributed by atoms with E-state index >= 15 is 0 Å². The summed E-state index contributed by atoms with van der Waals surface area (Å²) in [5.74, 6) is 1.44. The quantitative estimate of drug-likeness (QED) is 0.361. The highest BCUT2D eigenvalue weighted by Gasteiger charge is 2.23. The van der Waals surface area contributed by atoms with Crippen LogP contribution in [0.2, 0.25) is 0 Å². The first-order chi connectivity index (χ1) is 15.5. The number of nitrogens with zero attached hydrogens (tertiary/aromatic N) is 1. The fraction of sp³-hybridized carbons (Fsp3) is 0.464. The number of halogens is 1. The Morgan fingerprint density at radius 1 is 1.03 bits per heavy atom. The van der Waals surface area contributed by atoms with Crippen molar-refractivity contribution in [2.24, 2.45) is 11.8 Å². The van der Waals surface area contributed by atoms with Crippen LogP contribution >= 0.6 is 15.9 Å². The highest BCUT2D eigenvalue weighted by atomic mass is 79.9. The average Bonchev–Trinajstić information content (AvgIpc) is 3.29. The lowest BCUT2D eigenvalue weighted by molar-refractivity contribution is -0.119. The normalized spacial score (nSPS) is 16.1. The maximum absolute atomic E-state index is 12.5. The molecule has 2 saturated carbocycles. The van der Waals surface area contributed by atoms with Crippen LogP contribution in [0.25, 0.3) is 10.9 Å². The third kappa shape index (κ3) is 5.46. The van der Waals surface area contributed by atoms with Crippen molar-refractivity contribution < 1.29 is 4.79 Å². The van der Waals surface area contributed by atoms with Gasteiger partial charge in [-0.1, -0.05) is 78.4 Å². The monoisotopic (exact) mass is 494 g/mol. The molecule has 3 nitrogen and oxygen atoms in total. The molecule has 0 bridgehead atoms. The predicted octanol–water partition coefficient (Wildman–Crippen LogP) is 7.75. The van der Waals surface area contributed by atoms with Crippen molar-refractivity contribution >= 4 is 38.4 Å². The smallest absolute Gasteiger partial charge is 0.227 e. The van der Waals surface area contributed by atoms with Crippen molar-refractivity contribution in [2.75, 3.05) is 5.32 Å². The summed E-state index contributed by atoms with van der Waals surface area (Å²) in [6.45, 7) is 7.41. The van der Waals surface area contributed by atoms with Crippen LogP contribution in [0.5, 0.6) is 0 Å². The third-order valence-electron chi connectivity index (χ3n) is 6.90. The number of hydrogen-bond acceptors (Lipinski definition) is 1. The van der Waals surface area contributed by atoms with Gasteiger partial charge in [-0.15, -0.1) is 0 Å². The van der Waals surface area contributed by atoms with Gasteiger partial charge in [0.1, 0.15) is 0 Å². The van der Waals surface area contributed by atoms with E-state index in [4.69, 9.17) is 0 Å². The summed E-state index contributed by atoms with van der Waals surface area (Å²) in [5, 5.41) is 5.17. The minimum atomic E-state index is 0.175. The Balaban J connectivity index is 0.000000552. The van der Waals surface area contributed by atoms with Crippen molar-refractivity contribution in [1.29, 1.82) is 0 Å². The Labute approximate surface area is 200 Å². The summed E-state index contributed by atoms with van der Waals surface area (Å²) in [6.07, 6.45) is 7.36. The van der Waals surface area contributed by atoms with E-state index in [0.717, 1.165) is 36.3 Å². The van der Waals surface area contributed by atoms with Crippen LogP contribution in [-0.2, 0) is 16.7 Å². The van der Waals surface area contributed by atoms with Gasteiger partial charge in [-0.3, -0.25) is 4.79 Å². The number of benzene rings is 2. The molecule has 1 N–H and O–H groups in total. The lowest BCUT2D eigenvalue weighted by Crippen LogP contribution is -2.20. The summed E-state index contributed by atoms with van der Waals surface area (Å²) in [6, 6.07) is 15.0. The van der Waals surface area contributed by atoms with Gasteiger partial charge in [0.05, 0.1) is 0 Å². The van der Waals surface area contributed by atoms with Gasteiger partial charge in [0.15, 0.2) is 0 Å². The van der Waals surface area contributed by atoms with E-state index in [-0.39, 0.29) is 11.8 Å². The Hall–Kier alpha value is -2.07.